The Morgan fingerprint density at radius 3 is 2.50 bits per heavy atom. The fourth-order valence-corrected chi connectivity index (χ4v) is 7.36. The number of carbonyl (C=O) groups excluding carboxylic acids is 2. The molecule has 1 aliphatic heterocycles. The van der Waals surface area contributed by atoms with E-state index in [4.69, 9.17) is 15.0 Å². The van der Waals surface area contributed by atoms with E-state index >= 15 is 0 Å². The van der Waals surface area contributed by atoms with E-state index in [2.05, 4.69) is 56.8 Å². The van der Waals surface area contributed by atoms with Gasteiger partial charge in [-0.1, -0.05) is 58.5 Å². The molecule has 13 heteroatoms. The van der Waals surface area contributed by atoms with Crippen LogP contribution in [-0.4, -0.2) is 60.2 Å². The maximum Gasteiger partial charge on any atom is 0.481 e. The highest BCUT2D eigenvalue weighted by molar-refractivity contribution is 6.48. The molecule has 3 saturated carbocycles. The van der Waals surface area contributed by atoms with Crippen LogP contribution in [0.1, 0.15) is 112 Å². The van der Waals surface area contributed by atoms with E-state index in [-0.39, 0.29) is 47.7 Å². The third kappa shape index (κ3) is 9.42. The van der Waals surface area contributed by atoms with Crippen molar-refractivity contribution in [1.82, 2.24) is 16.1 Å². The van der Waals surface area contributed by atoms with E-state index in [9.17, 15) is 19.7 Å². The van der Waals surface area contributed by atoms with Crippen molar-refractivity contribution in [3.8, 4) is 0 Å². The topological polar surface area (TPSA) is 170 Å². The number of guanidine groups is 1. The van der Waals surface area contributed by atoms with E-state index in [1.807, 2.05) is 11.5 Å². The normalized spacial score (nSPS) is 26.7. The highest BCUT2D eigenvalue weighted by Crippen LogP contribution is 2.65. The summed E-state index contributed by atoms with van der Waals surface area (Å²) in [6.45, 7) is 14.9. The number of carbonyl (C=O) groups is 2. The summed E-state index contributed by atoms with van der Waals surface area (Å²) in [5.41, 5.74) is 7.15. The molecular formula is C31H55BN6O6. The molecule has 1 saturated heterocycles. The smallest absolute Gasteiger partial charge is 0.404 e. The first-order valence-electron chi connectivity index (χ1n) is 16.5. The second-order valence-corrected chi connectivity index (χ2v) is 14.1. The Hall–Kier alpha value is -2.67. The van der Waals surface area contributed by atoms with Crippen molar-refractivity contribution in [3.05, 3.63) is 22.8 Å². The quantitative estimate of drug-likeness (QED) is 0.0319. The summed E-state index contributed by atoms with van der Waals surface area (Å²) in [7, 11) is -0.568. The van der Waals surface area contributed by atoms with E-state index < -0.39 is 23.8 Å². The number of hydrogen-bond acceptors (Lipinski definition) is 7. The van der Waals surface area contributed by atoms with Crippen LogP contribution in [-0.2, 0) is 18.9 Å². The number of unbranched alkanes of at least 4 members (excludes halogenated alkanes) is 5. The molecule has 0 radical (unpaired) electrons. The van der Waals surface area contributed by atoms with Gasteiger partial charge in [0.1, 0.15) is 6.04 Å². The predicted octanol–water partition coefficient (Wildman–Crippen LogP) is 4.06. The van der Waals surface area contributed by atoms with Crippen molar-refractivity contribution in [3.63, 3.8) is 0 Å². The Balaban J connectivity index is 1.63. The fourth-order valence-electron chi connectivity index (χ4n) is 7.36. The molecule has 4 aliphatic rings. The lowest BCUT2D eigenvalue weighted by Gasteiger charge is -2.64. The number of nitro groups is 1. The van der Waals surface area contributed by atoms with E-state index in [0.29, 0.717) is 37.5 Å². The molecule has 0 aromatic rings. The van der Waals surface area contributed by atoms with Gasteiger partial charge < -0.3 is 25.7 Å². The van der Waals surface area contributed by atoms with Crippen molar-refractivity contribution in [2.75, 3.05) is 6.54 Å². The summed E-state index contributed by atoms with van der Waals surface area (Å²) < 4.78 is 13.2. The van der Waals surface area contributed by atoms with Crippen LogP contribution in [0, 0.1) is 33.3 Å². The van der Waals surface area contributed by atoms with Crippen LogP contribution in [0.15, 0.2) is 17.6 Å². The van der Waals surface area contributed by atoms with Gasteiger partial charge in [-0.15, -0.1) is 6.58 Å². The summed E-state index contributed by atoms with van der Waals surface area (Å²) in [6, 6.07) is -0.796. The first-order chi connectivity index (χ1) is 20.8. The molecule has 248 valence electrons. The molecule has 0 aromatic carbocycles. The first kappa shape index (κ1) is 35.8. The summed E-state index contributed by atoms with van der Waals surface area (Å²) in [5.74, 6) is 0.143. The number of hydrogen-bond donors (Lipinski definition) is 4. The predicted molar refractivity (Wildman–Crippen MR) is 172 cm³/mol. The minimum atomic E-state index is -0.796. The standard InChI is InChI=1S/C31H55BN6O6/c1-7-8-9-10-11-12-13-16-27(39)35-23(15-14-17-34-29(33)37-38(41)42)28(40)36-26(18-21(2)3)32-43-25-20-22-19-24(30(22,4)5)31(25,6)44-32/h7,21-26H,1,8-20H2,2-6H3,(H,35,39)(H,36,40)(H3,33,34,37)/t22-,23+,24-,25-,26+,31+/m1/s1. The van der Waals surface area contributed by atoms with Crippen LogP contribution in [0.3, 0.4) is 0 Å². The van der Waals surface area contributed by atoms with Gasteiger partial charge in [-0.05, 0) is 81.5 Å². The number of hydrazine groups is 1. The molecule has 1 heterocycles. The van der Waals surface area contributed by atoms with Gasteiger partial charge in [0.15, 0.2) is 5.03 Å². The molecule has 0 spiro atoms. The molecule has 2 bridgehead atoms. The molecule has 44 heavy (non-hydrogen) atoms. The summed E-state index contributed by atoms with van der Waals surface area (Å²) in [6.07, 6.45) is 11.7. The first-order valence-corrected chi connectivity index (χ1v) is 16.5. The second-order valence-electron chi connectivity index (χ2n) is 14.1. The van der Waals surface area contributed by atoms with Crippen LogP contribution in [0.5, 0.6) is 0 Å². The number of rotatable bonds is 19. The minimum absolute atomic E-state index is 0.000736. The van der Waals surface area contributed by atoms with Crippen LogP contribution in [0.25, 0.3) is 0 Å². The number of nitrogens with zero attached hydrogens (tertiary/aromatic N) is 2. The van der Waals surface area contributed by atoms with Gasteiger partial charge in [0, 0.05) is 13.0 Å². The summed E-state index contributed by atoms with van der Waals surface area (Å²) >= 11 is 0. The average molecular weight is 619 g/mol. The van der Waals surface area contributed by atoms with Gasteiger partial charge in [-0.25, -0.2) is 15.1 Å². The number of aliphatic imine (C=N–C) groups is 1. The molecule has 5 N–H and O–H groups in total. The Bertz CT molecular complexity index is 1040. The van der Waals surface area contributed by atoms with Gasteiger partial charge in [0.05, 0.1) is 17.6 Å². The zero-order valence-corrected chi connectivity index (χ0v) is 27.4. The highest BCUT2D eigenvalue weighted by atomic mass is 16.7. The van der Waals surface area contributed by atoms with Gasteiger partial charge in [-0.3, -0.25) is 9.59 Å². The zero-order chi connectivity index (χ0) is 32.5. The van der Waals surface area contributed by atoms with E-state index in [1.54, 1.807) is 0 Å². The lowest BCUT2D eigenvalue weighted by Crippen LogP contribution is -2.65. The number of allylic oxidation sites excluding steroid dienone is 1. The summed E-state index contributed by atoms with van der Waals surface area (Å²) in [5, 5.41) is 15.9. The molecule has 3 aliphatic carbocycles. The third-order valence-corrected chi connectivity index (χ3v) is 9.95. The average Bonchev–Trinajstić information content (AvgIpc) is 3.30. The zero-order valence-electron chi connectivity index (χ0n) is 27.4. The number of nitrogens with two attached hydrogens (primary N) is 1. The molecule has 12 nitrogen and oxygen atoms in total. The second kappa shape index (κ2) is 16.1. The largest absolute Gasteiger partial charge is 0.481 e. The molecule has 6 atom stereocenters. The number of amides is 2. The maximum atomic E-state index is 13.7. The third-order valence-electron chi connectivity index (χ3n) is 9.95. The summed E-state index contributed by atoms with van der Waals surface area (Å²) in [4.78, 5) is 41.2. The van der Waals surface area contributed by atoms with Gasteiger partial charge in [-0.2, -0.15) is 0 Å². The highest BCUT2D eigenvalue weighted by Gasteiger charge is 2.68. The van der Waals surface area contributed by atoms with Crippen LogP contribution in [0.2, 0.25) is 0 Å². The molecule has 4 rings (SSSR count). The van der Waals surface area contributed by atoms with Gasteiger partial charge >= 0.3 is 7.12 Å². The Kier molecular flexibility index (Phi) is 13.1. The molecule has 0 aromatic heterocycles. The Morgan fingerprint density at radius 1 is 1.14 bits per heavy atom. The Labute approximate surface area is 263 Å². The van der Waals surface area contributed by atoms with Gasteiger partial charge in [0.25, 0.3) is 5.96 Å². The minimum Gasteiger partial charge on any atom is -0.404 e. The van der Waals surface area contributed by atoms with Crippen LogP contribution >= 0.6 is 0 Å². The fraction of sp³-hybridized carbons (Fsp3) is 0.839. The molecule has 2 amide bonds. The maximum absolute atomic E-state index is 13.7. The lowest BCUT2D eigenvalue weighted by atomic mass is 9.43. The van der Waals surface area contributed by atoms with Crippen molar-refractivity contribution >= 4 is 24.9 Å². The molecule has 0 unspecified atom stereocenters. The number of nitrogens with one attached hydrogen (secondary N) is 3. The SMILES string of the molecule is C=CCCCCCCCC(=O)N[C@@H](CCCN=C(N)N[N+](=O)[O-])C(=O)N[C@@H](CC(C)C)B1O[C@@H]2C[C@H]3C[C@H](C3(C)C)[C@]2(C)O1. The molecular weight excluding hydrogens is 563 g/mol. The van der Waals surface area contributed by atoms with Crippen molar-refractivity contribution < 1.29 is 23.9 Å². The molecule has 4 fully saturated rings. The van der Waals surface area contributed by atoms with E-state index in [0.717, 1.165) is 51.4 Å². The Morgan fingerprint density at radius 2 is 1.84 bits per heavy atom. The van der Waals surface area contributed by atoms with E-state index in [1.165, 1.54) is 0 Å². The van der Waals surface area contributed by atoms with Crippen LogP contribution < -0.4 is 21.8 Å². The van der Waals surface area contributed by atoms with Crippen molar-refractivity contribution in [2.24, 2.45) is 33.9 Å². The van der Waals surface area contributed by atoms with Crippen molar-refractivity contribution in [1.29, 1.82) is 0 Å². The monoisotopic (exact) mass is 618 g/mol. The van der Waals surface area contributed by atoms with Gasteiger partial charge in [0.2, 0.25) is 11.8 Å². The lowest BCUT2D eigenvalue weighted by molar-refractivity contribution is -0.525. The van der Waals surface area contributed by atoms with Crippen molar-refractivity contribution in [2.45, 2.75) is 135 Å². The van der Waals surface area contributed by atoms with Crippen LogP contribution in [0.4, 0.5) is 0 Å².